The van der Waals surface area contributed by atoms with E-state index in [4.69, 9.17) is 16.3 Å². The van der Waals surface area contributed by atoms with E-state index in [0.717, 1.165) is 28.8 Å². The van der Waals surface area contributed by atoms with Gasteiger partial charge in [0.1, 0.15) is 0 Å². The molecule has 0 bridgehead atoms. The minimum atomic E-state index is 0.444. The molecule has 96 valence electrons. The molecule has 0 atom stereocenters. The number of rotatable bonds is 6. The molecule has 0 aliphatic carbocycles. The minimum absolute atomic E-state index is 0.444. The van der Waals surface area contributed by atoms with Crippen molar-refractivity contribution in [3.8, 4) is 5.75 Å². The van der Waals surface area contributed by atoms with Gasteiger partial charge in [-0.1, -0.05) is 25.4 Å². The molecule has 0 amide bonds. The molecule has 0 heterocycles. The van der Waals surface area contributed by atoms with Crippen LogP contribution in [0, 0.1) is 0 Å². The van der Waals surface area contributed by atoms with Crippen molar-refractivity contribution in [1.82, 2.24) is 0 Å². The standard InChI is InChI=1S/C13H19BrClNO/c1-4-10(5-2)16-12-8-9(15)7-11(14)13(12)17-6-3/h7-8,10,16H,4-6H2,1-3H3. The molecular weight excluding hydrogens is 302 g/mol. The van der Waals surface area contributed by atoms with E-state index in [9.17, 15) is 0 Å². The number of benzene rings is 1. The highest BCUT2D eigenvalue weighted by atomic mass is 79.9. The maximum atomic E-state index is 6.07. The molecule has 0 unspecified atom stereocenters. The van der Waals surface area contributed by atoms with Gasteiger partial charge in [0.2, 0.25) is 0 Å². The second-order valence-electron chi connectivity index (χ2n) is 3.86. The summed E-state index contributed by atoms with van der Waals surface area (Å²) in [6.45, 7) is 6.95. The van der Waals surface area contributed by atoms with Gasteiger partial charge in [0.25, 0.3) is 0 Å². The summed E-state index contributed by atoms with van der Waals surface area (Å²) in [6.07, 6.45) is 2.15. The molecule has 0 saturated carbocycles. The van der Waals surface area contributed by atoms with Crippen molar-refractivity contribution in [2.75, 3.05) is 11.9 Å². The lowest BCUT2D eigenvalue weighted by molar-refractivity contribution is 0.339. The highest BCUT2D eigenvalue weighted by molar-refractivity contribution is 9.10. The second-order valence-corrected chi connectivity index (χ2v) is 5.15. The average molecular weight is 321 g/mol. The molecule has 1 aromatic carbocycles. The number of halogens is 2. The van der Waals surface area contributed by atoms with Gasteiger partial charge in [-0.3, -0.25) is 0 Å². The molecule has 1 N–H and O–H groups in total. The summed E-state index contributed by atoms with van der Waals surface area (Å²) in [5.41, 5.74) is 0.958. The van der Waals surface area contributed by atoms with Crippen LogP contribution in [0.1, 0.15) is 33.6 Å². The minimum Gasteiger partial charge on any atom is -0.491 e. The smallest absolute Gasteiger partial charge is 0.156 e. The summed E-state index contributed by atoms with van der Waals surface area (Å²) in [5.74, 6) is 0.837. The van der Waals surface area contributed by atoms with Crippen LogP contribution >= 0.6 is 27.5 Å². The molecule has 1 aromatic rings. The SMILES string of the molecule is CCOc1c(Br)cc(Cl)cc1NC(CC)CC. The summed E-state index contributed by atoms with van der Waals surface area (Å²) >= 11 is 9.55. The third kappa shape index (κ3) is 4.07. The van der Waals surface area contributed by atoms with Gasteiger partial charge < -0.3 is 10.1 Å². The van der Waals surface area contributed by atoms with E-state index in [1.165, 1.54) is 0 Å². The third-order valence-electron chi connectivity index (χ3n) is 2.64. The first kappa shape index (κ1) is 14.7. The fourth-order valence-corrected chi connectivity index (χ4v) is 2.60. The van der Waals surface area contributed by atoms with Crippen LogP contribution in [0.4, 0.5) is 5.69 Å². The van der Waals surface area contributed by atoms with Gasteiger partial charge in [0.15, 0.2) is 5.75 Å². The molecule has 17 heavy (non-hydrogen) atoms. The Hall–Kier alpha value is -0.410. The Balaban J connectivity index is 3.02. The van der Waals surface area contributed by atoms with Gasteiger partial charge in [-0.25, -0.2) is 0 Å². The van der Waals surface area contributed by atoms with Crippen LogP contribution in [0.5, 0.6) is 5.75 Å². The van der Waals surface area contributed by atoms with E-state index >= 15 is 0 Å². The van der Waals surface area contributed by atoms with Gasteiger partial charge in [-0.15, -0.1) is 0 Å². The Morgan fingerprint density at radius 2 is 1.94 bits per heavy atom. The zero-order valence-corrected chi connectivity index (χ0v) is 12.9. The fourth-order valence-electron chi connectivity index (χ4n) is 1.67. The summed E-state index contributed by atoms with van der Waals surface area (Å²) in [5, 5.41) is 4.18. The van der Waals surface area contributed by atoms with E-state index in [-0.39, 0.29) is 0 Å². The van der Waals surface area contributed by atoms with Crippen LogP contribution < -0.4 is 10.1 Å². The fraction of sp³-hybridized carbons (Fsp3) is 0.538. The zero-order chi connectivity index (χ0) is 12.8. The Bertz CT molecular complexity index is 367. The van der Waals surface area contributed by atoms with Gasteiger partial charge in [0.05, 0.1) is 16.8 Å². The van der Waals surface area contributed by atoms with Crippen molar-refractivity contribution >= 4 is 33.2 Å². The van der Waals surface area contributed by atoms with Crippen LogP contribution in [0.2, 0.25) is 5.02 Å². The van der Waals surface area contributed by atoms with Crippen LogP contribution in [0.3, 0.4) is 0 Å². The first-order valence-electron chi connectivity index (χ1n) is 6.00. The van der Waals surface area contributed by atoms with Crippen LogP contribution in [-0.2, 0) is 0 Å². The van der Waals surface area contributed by atoms with E-state index < -0.39 is 0 Å². The van der Waals surface area contributed by atoms with E-state index in [1.807, 2.05) is 19.1 Å². The quantitative estimate of drug-likeness (QED) is 0.787. The number of nitrogens with one attached hydrogen (secondary N) is 1. The summed E-state index contributed by atoms with van der Waals surface area (Å²) in [6, 6.07) is 4.21. The molecule has 0 radical (unpaired) electrons. The molecule has 0 aliphatic heterocycles. The lowest BCUT2D eigenvalue weighted by atomic mass is 10.1. The number of ether oxygens (including phenoxy) is 1. The first-order chi connectivity index (χ1) is 8.12. The molecule has 0 saturated heterocycles. The van der Waals surface area contributed by atoms with E-state index in [0.29, 0.717) is 17.7 Å². The van der Waals surface area contributed by atoms with E-state index in [2.05, 4.69) is 35.1 Å². The summed E-state index contributed by atoms with van der Waals surface area (Å²) in [4.78, 5) is 0. The summed E-state index contributed by atoms with van der Waals surface area (Å²) < 4.78 is 6.53. The van der Waals surface area contributed by atoms with Crippen LogP contribution in [0.25, 0.3) is 0 Å². The number of anilines is 1. The van der Waals surface area contributed by atoms with Gasteiger partial charge in [-0.05, 0) is 47.8 Å². The molecule has 0 aromatic heterocycles. The maximum absolute atomic E-state index is 6.07. The molecule has 0 fully saturated rings. The van der Waals surface area contributed by atoms with Crippen molar-refractivity contribution in [3.63, 3.8) is 0 Å². The monoisotopic (exact) mass is 319 g/mol. The Morgan fingerprint density at radius 1 is 1.29 bits per heavy atom. The van der Waals surface area contributed by atoms with Crippen molar-refractivity contribution in [1.29, 1.82) is 0 Å². The van der Waals surface area contributed by atoms with E-state index in [1.54, 1.807) is 0 Å². The topological polar surface area (TPSA) is 21.3 Å². The van der Waals surface area contributed by atoms with Crippen molar-refractivity contribution in [2.24, 2.45) is 0 Å². The van der Waals surface area contributed by atoms with Crippen molar-refractivity contribution < 1.29 is 4.74 Å². The Labute approximate surface area is 117 Å². The largest absolute Gasteiger partial charge is 0.491 e. The second kappa shape index (κ2) is 7.12. The predicted octanol–water partition coefficient (Wildman–Crippen LogP) is 5.10. The molecule has 0 aliphatic rings. The first-order valence-corrected chi connectivity index (χ1v) is 7.17. The number of hydrogen-bond acceptors (Lipinski definition) is 2. The van der Waals surface area contributed by atoms with Gasteiger partial charge in [0, 0.05) is 11.1 Å². The van der Waals surface area contributed by atoms with Crippen LogP contribution in [0.15, 0.2) is 16.6 Å². The average Bonchev–Trinajstić information content (AvgIpc) is 2.30. The normalized spacial score (nSPS) is 10.7. The predicted molar refractivity (Wildman–Crippen MR) is 78.3 cm³/mol. The number of hydrogen-bond donors (Lipinski definition) is 1. The molecular formula is C13H19BrClNO. The van der Waals surface area contributed by atoms with Gasteiger partial charge >= 0.3 is 0 Å². The summed E-state index contributed by atoms with van der Waals surface area (Å²) in [7, 11) is 0. The third-order valence-corrected chi connectivity index (χ3v) is 3.45. The maximum Gasteiger partial charge on any atom is 0.156 e. The Morgan fingerprint density at radius 3 is 2.47 bits per heavy atom. The lowest BCUT2D eigenvalue weighted by Gasteiger charge is -2.20. The van der Waals surface area contributed by atoms with Crippen molar-refractivity contribution in [2.45, 2.75) is 39.7 Å². The van der Waals surface area contributed by atoms with Gasteiger partial charge in [-0.2, -0.15) is 0 Å². The Kier molecular flexibility index (Phi) is 6.14. The molecule has 0 spiro atoms. The molecule has 1 rings (SSSR count). The van der Waals surface area contributed by atoms with Crippen LogP contribution in [-0.4, -0.2) is 12.6 Å². The molecule has 4 heteroatoms. The lowest BCUT2D eigenvalue weighted by Crippen LogP contribution is -2.17. The molecule has 2 nitrogen and oxygen atoms in total. The highest BCUT2D eigenvalue weighted by Crippen LogP contribution is 2.37. The highest BCUT2D eigenvalue weighted by Gasteiger charge is 2.12. The van der Waals surface area contributed by atoms with Crippen molar-refractivity contribution in [3.05, 3.63) is 21.6 Å². The zero-order valence-electron chi connectivity index (χ0n) is 10.5.